The lowest BCUT2D eigenvalue weighted by Gasteiger charge is -2.06. The molecule has 0 aliphatic carbocycles. The van der Waals surface area contributed by atoms with Gasteiger partial charge in [-0.3, -0.25) is 4.79 Å². The highest BCUT2D eigenvalue weighted by molar-refractivity contribution is 5.65. The number of hydrogen-bond donors (Lipinski definition) is 1. The van der Waals surface area contributed by atoms with E-state index in [1.165, 1.54) is 16.7 Å². The summed E-state index contributed by atoms with van der Waals surface area (Å²) >= 11 is 0. The van der Waals surface area contributed by atoms with Crippen molar-refractivity contribution < 1.29 is 9.13 Å². The van der Waals surface area contributed by atoms with Crippen LogP contribution in [0, 0.1) is 5.82 Å². The average Bonchev–Trinajstić information content (AvgIpc) is 2.87. The molecule has 2 heterocycles. The van der Waals surface area contributed by atoms with Gasteiger partial charge in [0.25, 0.3) is 5.56 Å². The molecular formula is C16H13FN2O2. The molecule has 0 saturated heterocycles. The van der Waals surface area contributed by atoms with Crippen LogP contribution in [-0.2, 0) is 4.74 Å². The van der Waals surface area contributed by atoms with Crippen LogP contribution in [0.2, 0.25) is 0 Å². The zero-order valence-corrected chi connectivity index (χ0v) is 11.4. The van der Waals surface area contributed by atoms with Crippen molar-refractivity contribution in [3.63, 3.8) is 0 Å². The Kier molecular flexibility index (Phi) is 3.10. The fourth-order valence-electron chi connectivity index (χ4n) is 2.19. The number of aromatic nitrogens is 2. The zero-order chi connectivity index (χ0) is 15.0. The average molecular weight is 284 g/mol. The predicted molar refractivity (Wildman–Crippen MR) is 79.5 cm³/mol. The number of hydrogen-bond acceptors (Lipinski definition) is 2. The Labute approximate surface area is 120 Å². The highest BCUT2D eigenvalue weighted by atomic mass is 19.1. The van der Waals surface area contributed by atoms with Gasteiger partial charge in [0.15, 0.2) is 0 Å². The number of benzene rings is 1. The van der Waals surface area contributed by atoms with Gasteiger partial charge in [-0.25, -0.2) is 4.39 Å². The second kappa shape index (κ2) is 4.94. The molecule has 0 fully saturated rings. The minimum Gasteiger partial charge on any atom is -0.497 e. The zero-order valence-electron chi connectivity index (χ0n) is 11.4. The molecule has 2 aromatic heterocycles. The number of rotatable bonds is 3. The van der Waals surface area contributed by atoms with Gasteiger partial charge in [-0.15, -0.1) is 0 Å². The molecule has 0 amide bonds. The molecule has 1 aromatic carbocycles. The van der Waals surface area contributed by atoms with E-state index in [4.69, 9.17) is 4.74 Å². The van der Waals surface area contributed by atoms with Crippen molar-refractivity contribution >= 4 is 11.3 Å². The maximum atomic E-state index is 13.2. The summed E-state index contributed by atoms with van der Waals surface area (Å²) in [5.41, 5.74) is 2.23. The first-order valence-corrected chi connectivity index (χ1v) is 6.33. The fraction of sp³-hybridized carbons (Fsp3) is 0.0625. The second-order valence-corrected chi connectivity index (χ2v) is 4.65. The first kappa shape index (κ1) is 13.2. The minimum absolute atomic E-state index is 0.278. The van der Waals surface area contributed by atoms with Gasteiger partial charge in [0.1, 0.15) is 17.1 Å². The van der Waals surface area contributed by atoms with Gasteiger partial charge in [0.2, 0.25) is 0 Å². The van der Waals surface area contributed by atoms with Gasteiger partial charge < -0.3 is 14.1 Å². The highest BCUT2D eigenvalue weighted by Crippen LogP contribution is 2.20. The molecule has 1 N–H and O–H groups in total. The molecule has 5 heteroatoms. The van der Waals surface area contributed by atoms with Gasteiger partial charge in [-0.1, -0.05) is 30.8 Å². The smallest absolute Gasteiger partial charge is 0.272 e. The lowest BCUT2D eigenvalue weighted by Crippen LogP contribution is -2.09. The lowest BCUT2D eigenvalue weighted by molar-refractivity contribution is 0.371. The van der Waals surface area contributed by atoms with Crippen LogP contribution in [-0.4, -0.2) is 16.5 Å². The molecule has 21 heavy (non-hydrogen) atoms. The largest absolute Gasteiger partial charge is 0.497 e. The van der Waals surface area contributed by atoms with Crippen LogP contribution < -0.4 is 5.56 Å². The fourth-order valence-corrected chi connectivity index (χ4v) is 2.19. The summed E-state index contributed by atoms with van der Waals surface area (Å²) in [7, 11) is 1.56. The molecule has 0 aliphatic rings. The van der Waals surface area contributed by atoms with Crippen molar-refractivity contribution in [1.29, 1.82) is 0 Å². The molecule has 0 bridgehead atoms. The molecule has 4 nitrogen and oxygen atoms in total. The van der Waals surface area contributed by atoms with E-state index in [-0.39, 0.29) is 11.1 Å². The van der Waals surface area contributed by atoms with Crippen LogP contribution >= 0.6 is 0 Å². The summed E-state index contributed by atoms with van der Waals surface area (Å²) in [6.07, 6.45) is 2.95. The van der Waals surface area contributed by atoms with Gasteiger partial charge in [-0.05, 0) is 5.56 Å². The Balaban J connectivity index is 2.07. The topological polar surface area (TPSA) is 46.5 Å². The van der Waals surface area contributed by atoms with E-state index in [9.17, 15) is 9.18 Å². The van der Waals surface area contributed by atoms with E-state index in [1.807, 2.05) is 24.3 Å². The third-order valence-electron chi connectivity index (χ3n) is 3.33. The molecule has 0 aliphatic heterocycles. The molecular weight excluding hydrogens is 271 g/mol. The maximum Gasteiger partial charge on any atom is 0.272 e. The van der Waals surface area contributed by atoms with E-state index >= 15 is 0 Å². The van der Waals surface area contributed by atoms with Gasteiger partial charge in [0.05, 0.1) is 12.8 Å². The van der Waals surface area contributed by atoms with Crippen LogP contribution in [0.15, 0.2) is 54.1 Å². The number of halogens is 1. The Hall–Kier alpha value is -2.82. The number of ether oxygens (including phenoxy) is 1. The van der Waals surface area contributed by atoms with E-state index in [0.29, 0.717) is 11.5 Å². The molecule has 0 radical (unpaired) electrons. The van der Waals surface area contributed by atoms with Gasteiger partial charge in [-0.2, -0.15) is 0 Å². The quantitative estimate of drug-likeness (QED) is 0.751. The molecule has 3 rings (SSSR count). The van der Waals surface area contributed by atoms with Crippen molar-refractivity contribution in [3.8, 4) is 11.3 Å². The standard InChI is InChI=1S/C16H13FN2O2/c1-10(21-2)11-3-5-12(6-4-11)14-9-19-8-13(17)7-15(19)16(20)18-14/h3-9H,1H2,2H3,(H,18,20). The number of nitrogens with one attached hydrogen (secondary N) is 1. The van der Waals surface area contributed by atoms with Crippen molar-refractivity contribution in [2.45, 2.75) is 0 Å². The summed E-state index contributed by atoms with van der Waals surface area (Å²) in [6, 6.07) is 8.58. The summed E-state index contributed by atoms with van der Waals surface area (Å²) in [5, 5.41) is 0. The SMILES string of the molecule is C=C(OC)c1ccc(-c2cn3cc(F)cc3c(=O)[nH]2)cc1. The molecule has 0 spiro atoms. The summed E-state index contributed by atoms with van der Waals surface area (Å²) in [4.78, 5) is 14.7. The van der Waals surface area contributed by atoms with Crippen LogP contribution in [0.5, 0.6) is 0 Å². The Morgan fingerprint density at radius 3 is 2.67 bits per heavy atom. The Morgan fingerprint density at radius 2 is 2.00 bits per heavy atom. The predicted octanol–water partition coefficient (Wildman–Crippen LogP) is 3.05. The van der Waals surface area contributed by atoms with E-state index in [1.54, 1.807) is 13.3 Å². The van der Waals surface area contributed by atoms with E-state index in [2.05, 4.69) is 11.6 Å². The van der Waals surface area contributed by atoms with Crippen molar-refractivity contribution in [2.24, 2.45) is 0 Å². The highest BCUT2D eigenvalue weighted by Gasteiger charge is 2.07. The monoisotopic (exact) mass is 284 g/mol. The molecule has 0 unspecified atom stereocenters. The van der Waals surface area contributed by atoms with E-state index < -0.39 is 5.82 Å². The number of methoxy groups -OCH3 is 1. The minimum atomic E-state index is -0.440. The number of nitrogens with zero attached hydrogens (tertiary/aromatic N) is 1. The molecule has 3 aromatic rings. The van der Waals surface area contributed by atoms with Crippen LogP contribution in [0.25, 0.3) is 22.5 Å². The summed E-state index contributed by atoms with van der Waals surface area (Å²) < 4.78 is 19.8. The van der Waals surface area contributed by atoms with Gasteiger partial charge >= 0.3 is 0 Å². The Morgan fingerprint density at radius 1 is 1.29 bits per heavy atom. The Bertz CT molecular complexity index is 875. The maximum absolute atomic E-state index is 13.2. The summed E-state index contributed by atoms with van der Waals surface area (Å²) in [6.45, 7) is 3.78. The molecule has 0 atom stereocenters. The first-order valence-electron chi connectivity index (χ1n) is 6.33. The molecule has 106 valence electrons. The second-order valence-electron chi connectivity index (χ2n) is 4.65. The van der Waals surface area contributed by atoms with Crippen molar-refractivity contribution in [2.75, 3.05) is 7.11 Å². The van der Waals surface area contributed by atoms with Crippen LogP contribution in [0.4, 0.5) is 4.39 Å². The first-order chi connectivity index (χ1) is 10.1. The normalized spacial score (nSPS) is 10.8. The van der Waals surface area contributed by atoms with Crippen molar-refractivity contribution in [3.05, 3.63) is 71.0 Å². The van der Waals surface area contributed by atoms with Crippen LogP contribution in [0.1, 0.15) is 5.56 Å². The third-order valence-corrected chi connectivity index (χ3v) is 3.33. The lowest BCUT2D eigenvalue weighted by atomic mass is 10.1. The number of aromatic amines is 1. The third kappa shape index (κ3) is 2.33. The van der Waals surface area contributed by atoms with Gasteiger partial charge in [0, 0.05) is 24.0 Å². The van der Waals surface area contributed by atoms with E-state index in [0.717, 1.165) is 11.1 Å². The number of H-pyrrole nitrogens is 1. The van der Waals surface area contributed by atoms with Crippen molar-refractivity contribution in [1.82, 2.24) is 9.38 Å². The summed E-state index contributed by atoms with van der Waals surface area (Å²) in [5.74, 6) is 0.127. The molecule has 0 saturated carbocycles. The van der Waals surface area contributed by atoms with Crippen LogP contribution in [0.3, 0.4) is 0 Å². The number of fused-ring (bicyclic) bond motifs is 1.